The summed E-state index contributed by atoms with van der Waals surface area (Å²) in [5.74, 6) is 2.02. The number of furan rings is 1. The first-order chi connectivity index (χ1) is 16.6. The second-order valence-electron chi connectivity index (χ2n) is 8.44. The number of fused-ring (bicyclic) bond motifs is 1. The van der Waals surface area contributed by atoms with Crippen LogP contribution in [0.5, 0.6) is 17.2 Å². The summed E-state index contributed by atoms with van der Waals surface area (Å²) in [7, 11) is 0. The molecule has 2 fully saturated rings. The summed E-state index contributed by atoms with van der Waals surface area (Å²) >= 11 is 0. The topological polar surface area (TPSA) is 96.2 Å². The van der Waals surface area contributed by atoms with Crippen molar-refractivity contribution in [1.29, 1.82) is 0 Å². The molecule has 0 radical (unpaired) electrons. The van der Waals surface area contributed by atoms with E-state index < -0.39 is 6.04 Å². The van der Waals surface area contributed by atoms with E-state index in [4.69, 9.17) is 13.9 Å². The van der Waals surface area contributed by atoms with Crippen LogP contribution in [0.25, 0.3) is 0 Å². The lowest BCUT2D eigenvalue weighted by molar-refractivity contribution is -0.131. The summed E-state index contributed by atoms with van der Waals surface area (Å²) in [6.45, 7) is 5.23. The Balaban J connectivity index is 1.59. The summed E-state index contributed by atoms with van der Waals surface area (Å²) in [6, 6.07) is 15.8. The molecule has 8 heteroatoms. The summed E-state index contributed by atoms with van der Waals surface area (Å²) in [4.78, 5) is 15.4. The van der Waals surface area contributed by atoms with Crippen molar-refractivity contribution in [2.24, 2.45) is 5.92 Å². The van der Waals surface area contributed by atoms with Crippen LogP contribution in [-0.2, 0) is 11.3 Å². The van der Waals surface area contributed by atoms with E-state index in [1.807, 2.05) is 61.2 Å². The first-order valence-electron chi connectivity index (χ1n) is 11.6. The van der Waals surface area contributed by atoms with Gasteiger partial charge >= 0.3 is 0 Å². The Labute approximate surface area is 198 Å². The highest BCUT2D eigenvalue weighted by atomic mass is 16.5. The molecule has 3 N–H and O–H groups in total. The molecule has 1 aromatic heterocycles. The van der Waals surface area contributed by atoms with Crippen molar-refractivity contribution in [3.05, 3.63) is 77.7 Å². The van der Waals surface area contributed by atoms with Crippen LogP contribution < -0.4 is 20.3 Å². The quantitative estimate of drug-likeness (QED) is 0.469. The molecule has 0 aliphatic carbocycles. The Morgan fingerprint density at radius 1 is 0.971 bits per heavy atom. The predicted octanol–water partition coefficient (Wildman–Crippen LogP) is 3.70. The number of amides is 1. The molecule has 4 atom stereocenters. The molecule has 8 nitrogen and oxygen atoms in total. The molecular weight excluding hydrogens is 434 g/mol. The zero-order valence-electron chi connectivity index (χ0n) is 19.2. The van der Waals surface area contributed by atoms with Gasteiger partial charge in [-0.05, 0) is 49.7 Å². The van der Waals surface area contributed by atoms with Crippen LogP contribution in [0.4, 0.5) is 0 Å². The van der Waals surface area contributed by atoms with E-state index in [-0.39, 0.29) is 29.7 Å². The summed E-state index contributed by atoms with van der Waals surface area (Å²) in [5.41, 5.74) is 8.13. The number of hydrazine groups is 1. The number of ether oxygens (including phenoxy) is 2. The Hall–Kier alpha value is -3.49. The lowest BCUT2D eigenvalue weighted by Gasteiger charge is -2.31. The third-order valence-electron chi connectivity index (χ3n) is 6.50. The number of para-hydroxylation sites is 1. The SMILES string of the molecule is CCOc1ccc(C2C3C(NNC3c3ccccc3O)C(=O)N2Cc2ccco2)cc1OCC. The fourth-order valence-corrected chi connectivity index (χ4v) is 5.12. The minimum atomic E-state index is -0.452. The molecule has 0 saturated carbocycles. The van der Waals surface area contributed by atoms with Gasteiger partial charge in [0.2, 0.25) is 5.91 Å². The third-order valence-corrected chi connectivity index (χ3v) is 6.50. The van der Waals surface area contributed by atoms with E-state index in [0.29, 0.717) is 37.0 Å². The average molecular weight is 464 g/mol. The maximum absolute atomic E-state index is 13.6. The minimum absolute atomic E-state index is 0.0244. The summed E-state index contributed by atoms with van der Waals surface area (Å²) < 4.78 is 17.2. The van der Waals surface area contributed by atoms with Crippen molar-refractivity contribution in [2.75, 3.05) is 13.2 Å². The van der Waals surface area contributed by atoms with Crippen molar-refractivity contribution in [2.45, 2.75) is 38.5 Å². The first-order valence-corrected chi connectivity index (χ1v) is 11.6. The molecule has 0 spiro atoms. The maximum Gasteiger partial charge on any atom is 0.242 e. The van der Waals surface area contributed by atoms with Gasteiger partial charge in [0.1, 0.15) is 17.6 Å². The van der Waals surface area contributed by atoms with Gasteiger partial charge in [0.15, 0.2) is 11.5 Å². The van der Waals surface area contributed by atoms with E-state index in [0.717, 1.165) is 11.1 Å². The summed E-state index contributed by atoms with van der Waals surface area (Å²) in [6.07, 6.45) is 1.61. The van der Waals surface area contributed by atoms with Gasteiger partial charge < -0.3 is 23.9 Å². The molecule has 2 saturated heterocycles. The molecule has 2 aliphatic heterocycles. The number of nitrogens with zero attached hydrogens (tertiary/aromatic N) is 1. The van der Waals surface area contributed by atoms with Gasteiger partial charge in [-0.25, -0.2) is 10.9 Å². The molecule has 0 bridgehead atoms. The van der Waals surface area contributed by atoms with Crippen molar-refractivity contribution >= 4 is 5.91 Å². The number of phenols is 1. The van der Waals surface area contributed by atoms with E-state index in [1.165, 1.54) is 0 Å². The largest absolute Gasteiger partial charge is 0.508 e. The Bertz CT molecular complexity index is 1150. The predicted molar refractivity (Wildman–Crippen MR) is 125 cm³/mol. The first kappa shape index (κ1) is 22.3. The Kier molecular flexibility index (Phi) is 6.17. The van der Waals surface area contributed by atoms with Crippen LogP contribution in [0, 0.1) is 5.92 Å². The monoisotopic (exact) mass is 463 g/mol. The standard InChI is InChI=1S/C26H29N3O5/c1-3-32-20-12-11-16(14-21(20)33-4-2)25-22-23(18-9-5-6-10-19(18)30)27-28-24(22)26(31)29(25)15-17-8-7-13-34-17/h5-14,22-25,27-28,30H,3-4,15H2,1-2H3. The van der Waals surface area contributed by atoms with Crippen LogP contribution in [0.15, 0.2) is 65.3 Å². The molecule has 1 amide bonds. The molecule has 178 valence electrons. The number of carbonyl (C=O) groups excluding carboxylic acids is 1. The number of hydrogen-bond donors (Lipinski definition) is 3. The number of aromatic hydroxyl groups is 1. The number of hydrogen-bond acceptors (Lipinski definition) is 7. The highest BCUT2D eigenvalue weighted by Gasteiger charge is 2.56. The van der Waals surface area contributed by atoms with Crippen LogP contribution in [0.1, 0.15) is 42.8 Å². The normalized spacial score (nSPS) is 23.8. The van der Waals surface area contributed by atoms with Crippen LogP contribution >= 0.6 is 0 Å². The number of rotatable bonds is 8. The Morgan fingerprint density at radius 2 is 1.74 bits per heavy atom. The highest BCUT2D eigenvalue weighted by Crippen LogP contribution is 2.50. The fourth-order valence-electron chi connectivity index (χ4n) is 5.12. The van der Waals surface area contributed by atoms with Gasteiger partial charge in [0.05, 0.1) is 38.1 Å². The van der Waals surface area contributed by atoms with E-state index in [2.05, 4.69) is 10.9 Å². The molecule has 2 aliphatic rings. The third kappa shape index (κ3) is 3.89. The van der Waals surface area contributed by atoms with Gasteiger partial charge in [-0.2, -0.15) is 0 Å². The van der Waals surface area contributed by atoms with Crippen molar-refractivity contribution in [3.63, 3.8) is 0 Å². The van der Waals surface area contributed by atoms with Crippen molar-refractivity contribution < 1.29 is 23.8 Å². The zero-order valence-corrected chi connectivity index (χ0v) is 19.2. The highest BCUT2D eigenvalue weighted by molar-refractivity contribution is 5.86. The van der Waals surface area contributed by atoms with E-state index in [1.54, 1.807) is 18.4 Å². The lowest BCUT2D eigenvalue weighted by Crippen LogP contribution is -2.41. The number of likely N-dealkylation sites (tertiary alicyclic amines) is 1. The van der Waals surface area contributed by atoms with Gasteiger partial charge in [0, 0.05) is 11.5 Å². The molecule has 2 aromatic carbocycles. The number of benzene rings is 2. The van der Waals surface area contributed by atoms with Crippen LogP contribution in [0.2, 0.25) is 0 Å². The number of phenolic OH excluding ortho intramolecular Hbond substituents is 1. The van der Waals surface area contributed by atoms with Crippen molar-refractivity contribution in [1.82, 2.24) is 15.8 Å². The lowest BCUT2D eigenvalue weighted by atomic mass is 9.83. The number of nitrogens with one attached hydrogen (secondary N) is 2. The van der Waals surface area contributed by atoms with Gasteiger partial charge in [0.25, 0.3) is 0 Å². The fraction of sp³-hybridized carbons (Fsp3) is 0.346. The molecule has 3 aromatic rings. The minimum Gasteiger partial charge on any atom is -0.508 e. The van der Waals surface area contributed by atoms with E-state index in [9.17, 15) is 9.90 Å². The zero-order chi connectivity index (χ0) is 23.7. The smallest absolute Gasteiger partial charge is 0.242 e. The van der Waals surface area contributed by atoms with Gasteiger partial charge in [-0.1, -0.05) is 24.3 Å². The second-order valence-corrected chi connectivity index (χ2v) is 8.44. The van der Waals surface area contributed by atoms with Crippen LogP contribution in [-0.4, -0.2) is 35.2 Å². The second kappa shape index (κ2) is 9.40. The molecule has 4 unspecified atom stereocenters. The van der Waals surface area contributed by atoms with Gasteiger partial charge in [-0.3, -0.25) is 4.79 Å². The van der Waals surface area contributed by atoms with E-state index >= 15 is 0 Å². The number of carbonyl (C=O) groups is 1. The van der Waals surface area contributed by atoms with Crippen LogP contribution in [0.3, 0.4) is 0 Å². The summed E-state index contributed by atoms with van der Waals surface area (Å²) in [5, 5.41) is 10.6. The average Bonchev–Trinajstić information content (AvgIpc) is 3.56. The van der Waals surface area contributed by atoms with Gasteiger partial charge in [-0.15, -0.1) is 0 Å². The molecular formula is C26H29N3O5. The Morgan fingerprint density at radius 3 is 2.47 bits per heavy atom. The van der Waals surface area contributed by atoms with Crippen molar-refractivity contribution in [3.8, 4) is 17.2 Å². The molecule has 5 rings (SSSR count). The maximum atomic E-state index is 13.6. The molecule has 3 heterocycles. The molecule has 34 heavy (non-hydrogen) atoms.